The van der Waals surface area contributed by atoms with E-state index in [1.54, 1.807) is 18.4 Å². The van der Waals surface area contributed by atoms with Crippen molar-refractivity contribution in [3.05, 3.63) is 82.9 Å². The second-order valence-corrected chi connectivity index (χ2v) is 9.22. The van der Waals surface area contributed by atoms with Crippen LogP contribution in [0.4, 0.5) is 0 Å². The third kappa shape index (κ3) is 4.81. The van der Waals surface area contributed by atoms with E-state index in [-0.39, 0.29) is 5.91 Å². The van der Waals surface area contributed by atoms with Crippen LogP contribution in [0.1, 0.15) is 11.4 Å². The average molecular weight is 475 g/mol. The molecule has 0 saturated heterocycles. The van der Waals surface area contributed by atoms with E-state index >= 15 is 0 Å². The highest BCUT2D eigenvalue weighted by Gasteiger charge is 2.13. The van der Waals surface area contributed by atoms with Gasteiger partial charge in [-0.3, -0.25) is 9.20 Å². The number of fused-ring (bicyclic) bond motifs is 1. The molecule has 1 amide bonds. The molecule has 0 radical (unpaired) electrons. The third-order valence-electron chi connectivity index (χ3n) is 5.29. The normalized spacial score (nSPS) is 11.1. The Labute approximate surface area is 199 Å². The maximum absolute atomic E-state index is 12.5. The van der Waals surface area contributed by atoms with Gasteiger partial charge in [-0.15, -0.1) is 22.7 Å². The number of nitrogens with zero attached hydrogens (tertiary/aromatic N) is 3. The first kappa shape index (κ1) is 21.4. The quantitative estimate of drug-likeness (QED) is 0.340. The van der Waals surface area contributed by atoms with E-state index in [1.165, 1.54) is 11.3 Å². The van der Waals surface area contributed by atoms with Crippen molar-refractivity contribution in [3.8, 4) is 27.6 Å². The summed E-state index contributed by atoms with van der Waals surface area (Å²) in [6, 6.07) is 17.9. The van der Waals surface area contributed by atoms with Gasteiger partial charge >= 0.3 is 0 Å². The second kappa shape index (κ2) is 9.56. The lowest BCUT2D eigenvalue weighted by atomic mass is 10.2. The van der Waals surface area contributed by atoms with Crippen LogP contribution in [0, 0.1) is 0 Å². The number of amides is 1. The van der Waals surface area contributed by atoms with Gasteiger partial charge in [0.2, 0.25) is 5.91 Å². The van der Waals surface area contributed by atoms with Crippen molar-refractivity contribution in [3.63, 3.8) is 0 Å². The van der Waals surface area contributed by atoms with E-state index in [0.29, 0.717) is 19.4 Å². The van der Waals surface area contributed by atoms with Crippen molar-refractivity contribution in [1.29, 1.82) is 0 Å². The van der Waals surface area contributed by atoms with Gasteiger partial charge in [-0.2, -0.15) is 0 Å². The van der Waals surface area contributed by atoms with Gasteiger partial charge in [-0.05, 0) is 24.3 Å². The number of ether oxygens (including phenoxy) is 1. The number of carbonyl (C=O) groups excluding carboxylic acids is 1. The van der Waals surface area contributed by atoms with Crippen LogP contribution >= 0.6 is 22.7 Å². The van der Waals surface area contributed by atoms with Gasteiger partial charge in [-0.1, -0.05) is 30.3 Å². The number of aromatic nitrogens is 3. The van der Waals surface area contributed by atoms with Crippen LogP contribution in [-0.2, 0) is 17.6 Å². The highest BCUT2D eigenvalue weighted by Crippen LogP contribution is 2.26. The molecule has 3 heterocycles. The molecule has 5 rings (SSSR count). The van der Waals surface area contributed by atoms with E-state index in [9.17, 15) is 4.79 Å². The van der Waals surface area contributed by atoms with Gasteiger partial charge in [0.1, 0.15) is 10.8 Å². The average Bonchev–Trinajstić information content (AvgIpc) is 3.57. The Morgan fingerprint density at radius 2 is 1.82 bits per heavy atom. The fraction of sp³-hybridized carbons (Fsp3) is 0.160. The summed E-state index contributed by atoms with van der Waals surface area (Å²) in [5.41, 5.74) is 4.94. The Hall–Kier alpha value is -3.49. The molecule has 0 fully saturated rings. The Kier molecular flexibility index (Phi) is 6.19. The molecule has 0 saturated carbocycles. The zero-order chi connectivity index (χ0) is 22.6. The molecule has 0 spiro atoms. The lowest BCUT2D eigenvalue weighted by Gasteiger charge is -2.04. The van der Waals surface area contributed by atoms with Crippen molar-refractivity contribution in [2.45, 2.75) is 12.8 Å². The number of nitrogens with one attached hydrogen (secondary N) is 1. The van der Waals surface area contributed by atoms with Gasteiger partial charge in [-0.25, -0.2) is 9.97 Å². The van der Waals surface area contributed by atoms with E-state index in [1.807, 2.05) is 58.4 Å². The number of carbonyl (C=O) groups is 1. The molecule has 0 aliphatic rings. The molecule has 8 heteroatoms. The van der Waals surface area contributed by atoms with Crippen LogP contribution in [0.15, 0.2) is 71.6 Å². The van der Waals surface area contributed by atoms with Crippen molar-refractivity contribution in [2.24, 2.45) is 0 Å². The molecule has 0 aliphatic heterocycles. The molecule has 0 unspecified atom stereocenters. The van der Waals surface area contributed by atoms with Crippen LogP contribution in [-0.4, -0.2) is 33.9 Å². The molecule has 0 bridgehead atoms. The zero-order valence-corrected chi connectivity index (χ0v) is 19.7. The molecule has 1 N–H and O–H groups in total. The van der Waals surface area contributed by atoms with E-state index in [2.05, 4.69) is 27.8 Å². The van der Waals surface area contributed by atoms with Crippen molar-refractivity contribution < 1.29 is 9.53 Å². The molecule has 33 heavy (non-hydrogen) atoms. The lowest BCUT2D eigenvalue weighted by Crippen LogP contribution is -2.27. The zero-order valence-electron chi connectivity index (χ0n) is 18.0. The number of hydrogen-bond acceptors (Lipinski definition) is 6. The Bertz CT molecular complexity index is 1370. The fourth-order valence-corrected chi connectivity index (χ4v) is 5.28. The summed E-state index contributed by atoms with van der Waals surface area (Å²) in [4.78, 5) is 22.8. The molecule has 3 aromatic heterocycles. The summed E-state index contributed by atoms with van der Waals surface area (Å²) in [6.07, 6.45) is 3.00. The number of rotatable bonds is 8. The lowest BCUT2D eigenvalue weighted by molar-refractivity contribution is -0.120. The summed E-state index contributed by atoms with van der Waals surface area (Å²) in [5, 5.41) is 8.07. The van der Waals surface area contributed by atoms with E-state index in [0.717, 1.165) is 43.9 Å². The first-order valence-corrected chi connectivity index (χ1v) is 12.3. The number of methoxy groups -OCH3 is 1. The van der Waals surface area contributed by atoms with Crippen LogP contribution in [0.3, 0.4) is 0 Å². The Balaban J connectivity index is 1.18. The van der Waals surface area contributed by atoms with Crippen LogP contribution in [0.25, 0.3) is 26.8 Å². The van der Waals surface area contributed by atoms with Gasteiger partial charge < -0.3 is 10.1 Å². The highest BCUT2D eigenvalue weighted by atomic mass is 32.1. The second-order valence-electron chi connectivity index (χ2n) is 7.52. The maximum atomic E-state index is 12.5. The number of hydrogen-bond donors (Lipinski definition) is 1. The fourth-order valence-electron chi connectivity index (χ4n) is 3.55. The first-order chi connectivity index (χ1) is 16.2. The Morgan fingerprint density at radius 1 is 1.00 bits per heavy atom. The van der Waals surface area contributed by atoms with Gasteiger partial charge in [0.25, 0.3) is 0 Å². The van der Waals surface area contributed by atoms with Gasteiger partial charge in [0.05, 0.1) is 24.9 Å². The topological polar surface area (TPSA) is 68.5 Å². The predicted molar refractivity (Wildman–Crippen MR) is 133 cm³/mol. The SMILES string of the molecule is COc1ccc(-c2cn3c(CC(=O)NCCc4csc(-c5ccccc5)n4)csc3n2)cc1. The van der Waals surface area contributed by atoms with Crippen molar-refractivity contribution >= 4 is 33.5 Å². The molecular weight excluding hydrogens is 452 g/mol. The minimum atomic E-state index is -0.00656. The maximum Gasteiger partial charge on any atom is 0.225 e. The van der Waals surface area contributed by atoms with Crippen LogP contribution < -0.4 is 10.1 Å². The Morgan fingerprint density at radius 3 is 2.61 bits per heavy atom. The van der Waals surface area contributed by atoms with Crippen molar-refractivity contribution in [2.75, 3.05) is 13.7 Å². The number of benzene rings is 2. The molecule has 5 aromatic rings. The minimum Gasteiger partial charge on any atom is -0.497 e. The summed E-state index contributed by atoms with van der Waals surface area (Å²) in [7, 11) is 1.65. The van der Waals surface area contributed by atoms with Crippen LogP contribution in [0.2, 0.25) is 0 Å². The number of imidazole rings is 1. The molecule has 6 nitrogen and oxygen atoms in total. The van der Waals surface area contributed by atoms with E-state index in [4.69, 9.17) is 9.72 Å². The molecular formula is C25H22N4O2S2. The summed E-state index contributed by atoms with van der Waals surface area (Å²) in [6.45, 7) is 0.561. The minimum absolute atomic E-state index is 0.00656. The summed E-state index contributed by atoms with van der Waals surface area (Å²) in [5.74, 6) is 0.805. The predicted octanol–water partition coefficient (Wildman–Crippen LogP) is 5.10. The summed E-state index contributed by atoms with van der Waals surface area (Å²) < 4.78 is 7.22. The summed E-state index contributed by atoms with van der Waals surface area (Å²) >= 11 is 3.17. The highest BCUT2D eigenvalue weighted by molar-refractivity contribution is 7.15. The monoisotopic (exact) mass is 474 g/mol. The first-order valence-electron chi connectivity index (χ1n) is 10.6. The number of thiazole rings is 2. The molecule has 0 aliphatic carbocycles. The standard InChI is InChI=1S/C25H22N4O2S2/c1-31-21-9-7-17(8-10-21)22-14-29-20(16-33-25(29)28-22)13-23(30)26-12-11-19-15-32-24(27-19)18-5-3-2-4-6-18/h2-10,14-16H,11-13H2,1H3,(H,26,30). The third-order valence-corrected chi connectivity index (χ3v) is 7.12. The van der Waals surface area contributed by atoms with Gasteiger partial charge in [0.15, 0.2) is 4.96 Å². The van der Waals surface area contributed by atoms with Gasteiger partial charge in [0, 0.05) is 46.7 Å². The smallest absolute Gasteiger partial charge is 0.225 e. The molecule has 0 atom stereocenters. The van der Waals surface area contributed by atoms with E-state index < -0.39 is 0 Å². The van der Waals surface area contributed by atoms with Crippen LogP contribution in [0.5, 0.6) is 5.75 Å². The molecule has 166 valence electrons. The molecule has 2 aromatic carbocycles. The largest absolute Gasteiger partial charge is 0.497 e. The van der Waals surface area contributed by atoms with Crippen molar-refractivity contribution in [1.82, 2.24) is 19.7 Å².